The number of hydrogen-bond acceptors (Lipinski definition) is 4. The summed E-state index contributed by atoms with van der Waals surface area (Å²) in [4.78, 5) is 1.12. The summed E-state index contributed by atoms with van der Waals surface area (Å²) in [5.41, 5.74) is 1.04. The Hall–Kier alpha value is -0.750. The summed E-state index contributed by atoms with van der Waals surface area (Å²) >= 11 is 11.2. The van der Waals surface area contributed by atoms with Gasteiger partial charge < -0.3 is 14.8 Å². The molecule has 0 amide bonds. The van der Waals surface area contributed by atoms with Gasteiger partial charge in [-0.15, -0.1) is 11.3 Å². The Kier molecular flexibility index (Phi) is 5.32. The Labute approximate surface area is 136 Å². The minimum Gasteiger partial charge on any atom is -0.497 e. The van der Waals surface area contributed by atoms with Crippen LogP contribution in [0, 0.1) is 0 Å². The molecule has 1 aromatic carbocycles. The summed E-state index contributed by atoms with van der Waals surface area (Å²) < 4.78 is 11.6. The summed E-state index contributed by atoms with van der Waals surface area (Å²) in [6.07, 6.45) is 0. The molecular formula is C14H15BrClNO2S. The maximum atomic E-state index is 6.12. The molecule has 2 aromatic rings. The topological polar surface area (TPSA) is 30.5 Å². The van der Waals surface area contributed by atoms with E-state index in [1.807, 2.05) is 31.3 Å². The predicted octanol–water partition coefficient (Wildman–Crippen LogP) is 4.49. The Morgan fingerprint density at radius 2 is 2.00 bits per heavy atom. The van der Waals surface area contributed by atoms with Crippen LogP contribution in [0.25, 0.3) is 0 Å². The van der Waals surface area contributed by atoms with Crippen LogP contribution in [0.3, 0.4) is 0 Å². The summed E-state index contributed by atoms with van der Waals surface area (Å²) in [5.74, 6) is 1.55. The molecule has 0 fully saturated rings. The first-order chi connectivity index (χ1) is 9.60. The number of benzene rings is 1. The molecule has 0 aliphatic rings. The maximum Gasteiger partial charge on any atom is 0.127 e. The van der Waals surface area contributed by atoms with Gasteiger partial charge in [-0.05, 0) is 41.2 Å². The van der Waals surface area contributed by atoms with E-state index in [0.717, 1.165) is 30.7 Å². The average Bonchev–Trinajstić information content (AvgIpc) is 2.79. The second-order valence-corrected chi connectivity index (χ2v) is 6.91. The fraction of sp³-hybridized carbons (Fsp3) is 0.286. The van der Waals surface area contributed by atoms with Crippen molar-refractivity contribution < 1.29 is 9.47 Å². The molecule has 0 saturated carbocycles. The second-order valence-electron chi connectivity index (χ2n) is 4.10. The molecule has 0 saturated heterocycles. The van der Waals surface area contributed by atoms with Crippen molar-refractivity contribution in [3.63, 3.8) is 0 Å². The van der Waals surface area contributed by atoms with Crippen molar-refractivity contribution >= 4 is 38.9 Å². The van der Waals surface area contributed by atoms with Crippen LogP contribution >= 0.6 is 38.9 Å². The summed E-state index contributed by atoms with van der Waals surface area (Å²) in [7, 11) is 5.21. The van der Waals surface area contributed by atoms with Gasteiger partial charge >= 0.3 is 0 Å². The SMILES string of the molecule is CNC(c1cc(Cl)c(Br)s1)c1ccc(OC)cc1OC. The first kappa shape index (κ1) is 15.6. The minimum atomic E-state index is 0.0182. The van der Waals surface area contributed by atoms with Gasteiger partial charge in [0.1, 0.15) is 11.5 Å². The first-order valence-electron chi connectivity index (χ1n) is 5.94. The van der Waals surface area contributed by atoms with Crippen molar-refractivity contribution in [3.05, 3.63) is 43.5 Å². The van der Waals surface area contributed by atoms with E-state index < -0.39 is 0 Å². The number of hydrogen-bond donors (Lipinski definition) is 1. The predicted molar refractivity (Wildman–Crippen MR) is 87.5 cm³/mol. The first-order valence-corrected chi connectivity index (χ1v) is 7.93. The van der Waals surface area contributed by atoms with Crippen molar-refractivity contribution in [2.75, 3.05) is 21.3 Å². The molecule has 1 N–H and O–H groups in total. The van der Waals surface area contributed by atoms with Crippen LogP contribution in [0.2, 0.25) is 5.02 Å². The third-order valence-electron chi connectivity index (χ3n) is 2.99. The van der Waals surface area contributed by atoms with E-state index in [4.69, 9.17) is 21.1 Å². The zero-order valence-electron chi connectivity index (χ0n) is 11.4. The number of ether oxygens (including phenoxy) is 2. The molecule has 0 radical (unpaired) electrons. The van der Waals surface area contributed by atoms with Gasteiger partial charge in [-0.3, -0.25) is 0 Å². The number of halogens is 2. The van der Waals surface area contributed by atoms with Gasteiger partial charge in [-0.2, -0.15) is 0 Å². The molecule has 1 heterocycles. The number of thiophene rings is 1. The third kappa shape index (κ3) is 3.11. The van der Waals surface area contributed by atoms with Crippen LogP contribution in [0.5, 0.6) is 11.5 Å². The highest BCUT2D eigenvalue weighted by Crippen LogP contribution is 2.40. The lowest BCUT2D eigenvalue weighted by molar-refractivity contribution is 0.388. The van der Waals surface area contributed by atoms with Gasteiger partial charge in [0.05, 0.1) is 29.1 Å². The van der Waals surface area contributed by atoms with Crippen molar-refractivity contribution in [2.24, 2.45) is 0 Å². The smallest absolute Gasteiger partial charge is 0.127 e. The molecule has 108 valence electrons. The maximum absolute atomic E-state index is 6.12. The van der Waals surface area contributed by atoms with Crippen LogP contribution in [0.1, 0.15) is 16.5 Å². The average molecular weight is 377 g/mol. The fourth-order valence-corrected chi connectivity index (χ4v) is 3.89. The molecule has 0 bridgehead atoms. The van der Waals surface area contributed by atoms with Crippen LogP contribution in [-0.4, -0.2) is 21.3 Å². The number of rotatable bonds is 5. The highest BCUT2D eigenvalue weighted by Gasteiger charge is 2.20. The van der Waals surface area contributed by atoms with E-state index in [0.29, 0.717) is 0 Å². The lowest BCUT2D eigenvalue weighted by atomic mass is 10.0. The molecule has 0 aliphatic heterocycles. The van der Waals surface area contributed by atoms with Gasteiger partial charge in [0.15, 0.2) is 0 Å². The van der Waals surface area contributed by atoms with Crippen molar-refractivity contribution in [1.29, 1.82) is 0 Å². The summed E-state index contributed by atoms with van der Waals surface area (Å²) in [5, 5.41) is 4.02. The van der Waals surface area contributed by atoms with Gasteiger partial charge in [-0.25, -0.2) is 0 Å². The monoisotopic (exact) mass is 375 g/mol. The lowest BCUT2D eigenvalue weighted by Gasteiger charge is -2.18. The zero-order valence-corrected chi connectivity index (χ0v) is 14.5. The molecule has 1 atom stereocenters. The Morgan fingerprint density at radius 1 is 1.25 bits per heavy atom. The molecule has 0 spiro atoms. The minimum absolute atomic E-state index is 0.0182. The van der Waals surface area contributed by atoms with Crippen molar-refractivity contribution in [2.45, 2.75) is 6.04 Å². The molecule has 1 unspecified atom stereocenters. The molecule has 20 heavy (non-hydrogen) atoms. The van der Waals surface area contributed by atoms with Crippen LogP contribution in [-0.2, 0) is 0 Å². The Morgan fingerprint density at radius 3 is 2.50 bits per heavy atom. The van der Waals surface area contributed by atoms with Gasteiger partial charge in [0.25, 0.3) is 0 Å². The molecule has 3 nitrogen and oxygen atoms in total. The molecular weight excluding hydrogens is 362 g/mol. The normalized spacial score (nSPS) is 12.2. The lowest BCUT2D eigenvalue weighted by Crippen LogP contribution is -2.17. The summed E-state index contributed by atoms with van der Waals surface area (Å²) in [6.45, 7) is 0. The van der Waals surface area contributed by atoms with Crippen molar-refractivity contribution in [3.8, 4) is 11.5 Å². The Balaban J connectivity index is 2.46. The van der Waals surface area contributed by atoms with Gasteiger partial charge in [-0.1, -0.05) is 11.6 Å². The third-order valence-corrected chi connectivity index (χ3v) is 5.53. The van der Waals surface area contributed by atoms with E-state index in [-0.39, 0.29) is 6.04 Å². The second kappa shape index (κ2) is 6.80. The molecule has 1 aromatic heterocycles. The van der Waals surface area contributed by atoms with Gasteiger partial charge in [0, 0.05) is 16.5 Å². The molecule has 6 heteroatoms. The van der Waals surface area contributed by atoms with E-state index in [1.54, 1.807) is 25.6 Å². The molecule has 2 rings (SSSR count). The zero-order chi connectivity index (χ0) is 14.7. The molecule has 0 aliphatic carbocycles. The largest absolute Gasteiger partial charge is 0.497 e. The number of nitrogens with one attached hydrogen (secondary N) is 1. The highest BCUT2D eigenvalue weighted by atomic mass is 79.9. The Bertz CT molecular complexity index is 583. The number of methoxy groups -OCH3 is 2. The van der Waals surface area contributed by atoms with Crippen LogP contribution in [0.4, 0.5) is 0 Å². The van der Waals surface area contributed by atoms with E-state index in [1.165, 1.54) is 0 Å². The van der Waals surface area contributed by atoms with Crippen LogP contribution < -0.4 is 14.8 Å². The summed E-state index contributed by atoms with van der Waals surface area (Å²) in [6, 6.07) is 7.78. The quantitative estimate of drug-likeness (QED) is 0.834. The van der Waals surface area contributed by atoms with Crippen molar-refractivity contribution in [1.82, 2.24) is 5.32 Å². The fourth-order valence-electron chi connectivity index (χ4n) is 2.01. The van der Waals surface area contributed by atoms with Crippen LogP contribution in [0.15, 0.2) is 28.1 Å². The van der Waals surface area contributed by atoms with E-state index in [2.05, 4.69) is 21.2 Å². The highest BCUT2D eigenvalue weighted by molar-refractivity contribution is 9.11. The van der Waals surface area contributed by atoms with E-state index >= 15 is 0 Å². The van der Waals surface area contributed by atoms with E-state index in [9.17, 15) is 0 Å². The van der Waals surface area contributed by atoms with Gasteiger partial charge in [0.2, 0.25) is 0 Å². The standard InChI is InChI=1S/C14H15BrClNO2S/c1-17-13(12-7-10(16)14(15)20-12)9-5-4-8(18-2)6-11(9)19-3/h4-7,13,17H,1-3H3.